The molecule has 0 unspecified atom stereocenters. The zero-order valence-corrected chi connectivity index (χ0v) is 16.2. The number of imide groups is 1. The Labute approximate surface area is 172 Å². The van der Waals surface area contributed by atoms with Gasteiger partial charge in [-0.15, -0.1) is 0 Å². The maximum absolute atomic E-state index is 12.2. The molecule has 2 N–H and O–H groups in total. The van der Waals surface area contributed by atoms with Crippen LogP contribution in [0.15, 0.2) is 41.1 Å². The van der Waals surface area contributed by atoms with Gasteiger partial charge in [-0.1, -0.05) is 0 Å². The van der Waals surface area contributed by atoms with Crippen molar-refractivity contribution in [3.8, 4) is 6.07 Å². The van der Waals surface area contributed by atoms with Crippen LogP contribution in [-0.2, 0) is 20.9 Å². The molecule has 1 saturated heterocycles. The molecular formula is C20H21N5O5. The third kappa shape index (κ3) is 5.81. The quantitative estimate of drug-likeness (QED) is 0.679. The van der Waals surface area contributed by atoms with Gasteiger partial charge in [0.15, 0.2) is 6.61 Å². The fraction of sp³-hybridized carbons (Fsp3) is 0.350. The summed E-state index contributed by atoms with van der Waals surface area (Å²) >= 11 is 0. The summed E-state index contributed by atoms with van der Waals surface area (Å²) < 4.78 is 10.1. The molecule has 10 heteroatoms. The number of aromatic nitrogens is 1. The second-order valence-electron chi connectivity index (χ2n) is 6.70. The van der Waals surface area contributed by atoms with Crippen molar-refractivity contribution in [2.75, 3.05) is 24.6 Å². The van der Waals surface area contributed by atoms with Crippen LogP contribution in [-0.4, -0.2) is 42.6 Å². The van der Waals surface area contributed by atoms with Crippen LogP contribution >= 0.6 is 0 Å². The van der Waals surface area contributed by atoms with Crippen LogP contribution in [0, 0.1) is 17.2 Å². The summed E-state index contributed by atoms with van der Waals surface area (Å²) in [5.74, 6) is -0.194. The number of amides is 3. The number of carbonyl (C=O) groups excluding carboxylic acids is 3. The maximum atomic E-state index is 12.2. The van der Waals surface area contributed by atoms with Crippen molar-refractivity contribution in [1.82, 2.24) is 15.6 Å². The van der Waals surface area contributed by atoms with Crippen LogP contribution in [0.4, 0.5) is 10.6 Å². The summed E-state index contributed by atoms with van der Waals surface area (Å²) in [5.41, 5.74) is 0.491. The van der Waals surface area contributed by atoms with Crippen molar-refractivity contribution in [2.45, 2.75) is 19.4 Å². The summed E-state index contributed by atoms with van der Waals surface area (Å²) in [5, 5.41) is 13.4. The molecule has 30 heavy (non-hydrogen) atoms. The first-order chi connectivity index (χ1) is 14.5. The third-order valence-corrected chi connectivity index (χ3v) is 4.63. The molecule has 3 heterocycles. The van der Waals surface area contributed by atoms with E-state index < -0.39 is 24.5 Å². The van der Waals surface area contributed by atoms with Crippen LogP contribution in [0.2, 0.25) is 0 Å². The zero-order chi connectivity index (χ0) is 21.3. The van der Waals surface area contributed by atoms with Crippen LogP contribution < -0.4 is 15.5 Å². The minimum Gasteiger partial charge on any atom is -0.467 e. The maximum Gasteiger partial charge on any atom is 0.321 e. The van der Waals surface area contributed by atoms with Crippen molar-refractivity contribution in [3.63, 3.8) is 0 Å². The van der Waals surface area contributed by atoms with Gasteiger partial charge in [0.1, 0.15) is 17.6 Å². The van der Waals surface area contributed by atoms with Crippen LogP contribution in [0.1, 0.15) is 24.2 Å². The molecular weight excluding hydrogens is 390 g/mol. The van der Waals surface area contributed by atoms with Crippen molar-refractivity contribution in [2.24, 2.45) is 5.92 Å². The van der Waals surface area contributed by atoms with Gasteiger partial charge < -0.3 is 19.4 Å². The van der Waals surface area contributed by atoms with Crippen LogP contribution in [0.3, 0.4) is 0 Å². The predicted molar refractivity (Wildman–Crippen MR) is 104 cm³/mol. The highest BCUT2D eigenvalue weighted by Crippen LogP contribution is 2.22. The number of nitrogens with one attached hydrogen (secondary N) is 2. The molecule has 2 aromatic heterocycles. The normalized spacial score (nSPS) is 13.9. The van der Waals surface area contributed by atoms with Crippen molar-refractivity contribution in [3.05, 3.63) is 48.0 Å². The molecule has 0 spiro atoms. The minimum absolute atomic E-state index is 0.137. The summed E-state index contributed by atoms with van der Waals surface area (Å²) in [6, 6.07) is 8.17. The van der Waals surface area contributed by atoms with E-state index in [0.29, 0.717) is 37.3 Å². The zero-order valence-electron chi connectivity index (χ0n) is 16.2. The highest BCUT2D eigenvalue weighted by molar-refractivity contribution is 5.95. The Balaban J connectivity index is 1.35. The number of nitrogens with zero attached hydrogens (tertiary/aromatic N) is 3. The number of hydrogen-bond acceptors (Lipinski definition) is 8. The number of urea groups is 1. The van der Waals surface area contributed by atoms with Crippen molar-refractivity contribution >= 4 is 23.7 Å². The first kappa shape index (κ1) is 20.9. The Morgan fingerprint density at radius 1 is 1.27 bits per heavy atom. The standard InChI is InChI=1S/C20H21N5O5/c21-10-14-3-4-17(22-11-14)25-7-5-15(6-8-25)19(27)30-13-18(26)24-20(28)23-12-16-2-1-9-29-16/h1-4,9,11,15H,5-8,12-13H2,(H2,23,24,26,28). The van der Waals surface area contributed by atoms with E-state index in [4.69, 9.17) is 14.4 Å². The molecule has 0 atom stereocenters. The number of hydrogen-bond donors (Lipinski definition) is 2. The SMILES string of the molecule is N#Cc1ccc(N2CCC(C(=O)OCC(=O)NC(=O)NCc3ccco3)CC2)nc1. The van der Waals surface area contributed by atoms with E-state index in [0.717, 1.165) is 5.82 Å². The van der Waals surface area contributed by atoms with Gasteiger partial charge in [-0.25, -0.2) is 9.78 Å². The largest absolute Gasteiger partial charge is 0.467 e. The Morgan fingerprint density at radius 2 is 2.07 bits per heavy atom. The Morgan fingerprint density at radius 3 is 2.70 bits per heavy atom. The Bertz CT molecular complexity index is 912. The van der Waals surface area contributed by atoms with Gasteiger partial charge in [-0.3, -0.25) is 14.9 Å². The molecule has 1 fully saturated rings. The van der Waals surface area contributed by atoms with Crippen LogP contribution in [0.5, 0.6) is 0 Å². The monoisotopic (exact) mass is 411 g/mol. The molecule has 1 aliphatic rings. The second-order valence-corrected chi connectivity index (χ2v) is 6.70. The highest BCUT2D eigenvalue weighted by Gasteiger charge is 2.27. The molecule has 156 valence electrons. The van der Waals surface area contributed by atoms with E-state index in [1.165, 1.54) is 12.5 Å². The van der Waals surface area contributed by atoms with E-state index in [9.17, 15) is 14.4 Å². The molecule has 2 aromatic rings. The highest BCUT2D eigenvalue weighted by atomic mass is 16.5. The molecule has 0 aliphatic carbocycles. The van der Waals surface area contributed by atoms with Gasteiger partial charge >= 0.3 is 12.0 Å². The fourth-order valence-corrected chi connectivity index (χ4v) is 3.03. The number of pyridine rings is 1. The van der Waals surface area contributed by atoms with Gasteiger partial charge in [-0.2, -0.15) is 5.26 Å². The Hall–Kier alpha value is -3.87. The summed E-state index contributed by atoms with van der Waals surface area (Å²) in [6.45, 7) is 0.836. The molecule has 0 aromatic carbocycles. The second kappa shape index (κ2) is 10.1. The van der Waals surface area contributed by atoms with E-state index in [1.807, 2.05) is 11.0 Å². The number of piperidine rings is 1. The molecule has 3 rings (SSSR count). The van der Waals surface area contributed by atoms with E-state index >= 15 is 0 Å². The Kier molecular flexibility index (Phi) is 7.00. The third-order valence-electron chi connectivity index (χ3n) is 4.63. The lowest BCUT2D eigenvalue weighted by molar-refractivity contribution is -0.153. The fourth-order valence-electron chi connectivity index (χ4n) is 3.03. The molecule has 1 aliphatic heterocycles. The number of anilines is 1. The predicted octanol–water partition coefficient (Wildman–Crippen LogP) is 1.33. The van der Waals surface area contributed by atoms with Crippen molar-refractivity contribution in [1.29, 1.82) is 5.26 Å². The van der Waals surface area contributed by atoms with E-state index in [2.05, 4.69) is 15.6 Å². The summed E-state index contributed by atoms with van der Waals surface area (Å²) in [6.07, 6.45) is 4.11. The average molecular weight is 411 g/mol. The summed E-state index contributed by atoms with van der Waals surface area (Å²) in [7, 11) is 0. The number of nitriles is 1. The lowest BCUT2D eigenvalue weighted by atomic mass is 9.97. The number of ether oxygens (including phenoxy) is 1. The molecule has 3 amide bonds. The first-order valence-corrected chi connectivity index (χ1v) is 9.43. The lowest BCUT2D eigenvalue weighted by Crippen LogP contribution is -2.42. The van der Waals surface area contributed by atoms with Gasteiger partial charge in [0.25, 0.3) is 5.91 Å². The molecule has 0 radical (unpaired) electrons. The summed E-state index contributed by atoms with van der Waals surface area (Å²) in [4.78, 5) is 41.9. The number of esters is 1. The minimum atomic E-state index is -0.709. The smallest absolute Gasteiger partial charge is 0.321 e. The molecule has 0 bridgehead atoms. The van der Waals surface area contributed by atoms with Gasteiger partial charge in [0, 0.05) is 19.3 Å². The molecule has 0 saturated carbocycles. The van der Waals surface area contributed by atoms with E-state index in [-0.39, 0.29) is 12.5 Å². The lowest BCUT2D eigenvalue weighted by Gasteiger charge is -2.31. The number of carbonyl (C=O) groups is 3. The van der Waals surface area contributed by atoms with Gasteiger partial charge in [0.2, 0.25) is 0 Å². The topological polar surface area (TPSA) is 138 Å². The van der Waals surface area contributed by atoms with E-state index in [1.54, 1.807) is 24.3 Å². The van der Waals surface area contributed by atoms with Gasteiger partial charge in [-0.05, 0) is 37.1 Å². The van der Waals surface area contributed by atoms with Gasteiger partial charge in [0.05, 0.1) is 24.3 Å². The van der Waals surface area contributed by atoms with Crippen LogP contribution in [0.25, 0.3) is 0 Å². The molecule has 10 nitrogen and oxygen atoms in total. The number of rotatable bonds is 6. The average Bonchev–Trinajstić information content (AvgIpc) is 3.30. The number of furan rings is 1. The first-order valence-electron chi connectivity index (χ1n) is 9.43. The van der Waals surface area contributed by atoms with Crippen molar-refractivity contribution < 1.29 is 23.5 Å².